The molecule has 39 heavy (non-hydrogen) atoms. The first-order valence-electron chi connectivity index (χ1n) is 13.1. The van der Waals surface area contributed by atoms with Gasteiger partial charge in [0.05, 0.1) is 19.9 Å². The SMILES string of the molecule is COc1ccc(-c2ccc(N3CCN(C(=O)CN(CC4CC4)C(=O)c4ccc(Cl)cc4)CC3)nn2)c(OC)c1. The number of anilines is 1. The number of amides is 2. The molecule has 1 aliphatic heterocycles. The first-order valence-corrected chi connectivity index (χ1v) is 13.5. The van der Waals surface area contributed by atoms with Crippen LogP contribution in [-0.2, 0) is 4.79 Å². The minimum absolute atomic E-state index is 0.0364. The van der Waals surface area contributed by atoms with E-state index in [0.717, 1.165) is 24.2 Å². The Hall–Kier alpha value is -3.85. The topological polar surface area (TPSA) is 88.1 Å². The van der Waals surface area contributed by atoms with Gasteiger partial charge >= 0.3 is 0 Å². The molecule has 1 saturated carbocycles. The fourth-order valence-corrected chi connectivity index (χ4v) is 4.83. The number of methoxy groups -OCH3 is 2. The third kappa shape index (κ3) is 6.42. The molecule has 2 heterocycles. The summed E-state index contributed by atoms with van der Waals surface area (Å²) >= 11 is 5.98. The van der Waals surface area contributed by atoms with Crippen molar-refractivity contribution in [1.82, 2.24) is 20.0 Å². The quantitative estimate of drug-likeness (QED) is 0.398. The van der Waals surface area contributed by atoms with E-state index >= 15 is 0 Å². The van der Waals surface area contributed by atoms with Crippen LogP contribution in [0.1, 0.15) is 23.2 Å². The fraction of sp³-hybridized carbons (Fsp3) is 0.379. The average Bonchev–Trinajstić information content (AvgIpc) is 3.81. The molecule has 10 heteroatoms. The summed E-state index contributed by atoms with van der Waals surface area (Å²) in [4.78, 5) is 32.0. The lowest BCUT2D eigenvalue weighted by Crippen LogP contribution is -2.52. The number of benzene rings is 2. The van der Waals surface area contributed by atoms with Crippen LogP contribution in [0.3, 0.4) is 0 Å². The lowest BCUT2D eigenvalue weighted by atomic mass is 10.1. The first-order chi connectivity index (χ1) is 18.9. The molecule has 2 aliphatic rings. The second-order valence-corrected chi connectivity index (χ2v) is 10.3. The minimum atomic E-state index is -0.130. The number of hydrogen-bond acceptors (Lipinski definition) is 7. The van der Waals surface area contributed by atoms with Crippen LogP contribution in [0.25, 0.3) is 11.3 Å². The number of halogens is 1. The van der Waals surface area contributed by atoms with Gasteiger partial charge in [0.2, 0.25) is 5.91 Å². The molecule has 1 aliphatic carbocycles. The number of nitrogens with zero attached hydrogens (tertiary/aromatic N) is 5. The zero-order chi connectivity index (χ0) is 27.4. The Labute approximate surface area is 233 Å². The Balaban J connectivity index is 1.19. The predicted octanol–water partition coefficient (Wildman–Crippen LogP) is 4.02. The smallest absolute Gasteiger partial charge is 0.254 e. The molecule has 2 aromatic carbocycles. The third-order valence-electron chi connectivity index (χ3n) is 7.17. The molecule has 0 atom stereocenters. The molecule has 0 N–H and O–H groups in total. The van der Waals surface area contributed by atoms with E-state index in [1.807, 2.05) is 35.2 Å². The Kier molecular flexibility index (Phi) is 8.16. The summed E-state index contributed by atoms with van der Waals surface area (Å²) in [5.74, 6) is 2.43. The second-order valence-electron chi connectivity index (χ2n) is 9.85. The van der Waals surface area contributed by atoms with Gasteiger partial charge < -0.3 is 24.2 Å². The van der Waals surface area contributed by atoms with Crippen LogP contribution in [0.2, 0.25) is 5.02 Å². The van der Waals surface area contributed by atoms with Gasteiger partial charge in [-0.25, -0.2) is 0 Å². The number of aromatic nitrogens is 2. The molecule has 0 radical (unpaired) electrons. The van der Waals surface area contributed by atoms with Gasteiger partial charge in [-0.3, -0.25) is 9.59 Å². The second kappa shape index (κ2) is 11.9. The van der Waals surface area contributed by atoms with Crippen molar-refractivity contribution < 1.29 is 19.1 Å². The maximum Gasteiger partial charge on any atom is 0.254 e. The summed E-state index contributed by atoms with van der Waals surface area (Å²) in [6.45, 7) is 3.07. The molecular formula is C29H32ClN5O4. The van der Waals surface area contributed by atoms with Crippen LogP contribution in [0.4, 0.5) is 5.82 Å². The van der Waals surface area contributed by atoms with Gasteiger partial charge in [-0.15, -0.1) is 10.2 Å². The van der Waals surface area contributed by atoms with Gasteiger partial charge in [0.25, 0.3) is 5.91 Å². The Morgan fingerprint density at radius 2 is 1.69 bits per heavy atom. The van der Waals surface area contributed by atoms with Crippen LogP contribution in [0, 0.1) is 5.92 Å². The standard InChI is InChI=1S/C29H32ClN5O4/c1-38-23-9-10-24(26(17-23)39-2)25-11-12-27(32-31-25)33-13-15-34(16-14-33)28(36)19-35(18-20-3-4-20)29(37)21-5-7-22(30)8-6-21/h5-12,17,20H,3-4,13-16,18-19H2,1-2H3. The van der Waals surface area contributed by atoms with Gasteiger partial charge in [-0.2, -0.15) is 0 Å². The summed E-state index contributed by atoms with van der Waals surface area (Å²) in [7, 11) is 3.22. The van der Waals surface area contributed by atoms with Crippen LogP contribution in [0.15, 0.2) is 54.6 Å². The first kappa shape index (κ1) is 26.7. The van der Waals surface area contributed by atoms with Crippen LogP contribution in [0.5, 0.6) is 11.5 Å². The summed E-state index contributed by atoms with van der Waals surface area (Å²) in [6.07, 6.45) is 2.20. The molecule has 1 aromatic heterocycles. The van der Waals surface area contributed by atoms with E-state index in [0.29, 0.717) is 66.4 Å². The van der Waals surface area contributed by atoms with Crippen molar-refractivity contribution in [2.24, 2.45) is 5.92 Å². The molecule has 0 spiro atoms. The number of hydrogen-bond donors (Lipinski definition) is 0. The summed E-state index contributed by atoms with van der Waals surface area (Å²) in [5, 5.41) is 9.44. The maximum atomic E-state index is 13.2. The summed E-state index contributed by atoms with van der Waals surface area (Å²) < 4.78 is 10.8. The van der Waals surface area contributed by atoms with Crippen molar-refractivity contribution in [2.45, 2.75) is 12.8 Å². The fourth-order valence-electron chi connectivity index (χ4n) is 4.70. The molecule has 1 saturated heterocycles. The third-order valence-corrected chi connectivity index (χ3v) is 7.42. The Morgan fingerprint density at radius 3 is 2.31 bits per heavy atom. The monoisotopic (exact) mass is 549 g/mol. The van der Waals surface area contributed by atoms with E-state index in [-0.39, 0.29) is 18.4 Å². The van der Waals surface area contributed by atoms with Crippen molar-refractivity contribution in [3.8, 4) is 22.8 Å². The zero-order valence-corrected chi connectivity index (χ0v) is 22.9. The Morgan fingerprint density at radius 1 is 0.949 bits per heavy atom. The highest BCUT2D eigenvalue weighted by Crippen LogP contribution is 2.32. The molecule has 204 valence electrons. The molecule has 5 rings (SSSR count). The minimum Gasteiger partial charge on any atom is -0.497 e. The summed E-state index contributed by atoms with van der Waals surface area (Å²) in [6, 6.07) is 16.3. The van der Waals surface area contributed by atoms with E-state index < -0.39 is 0 Å². The van der Waals surface area contributed by atoms with E-state index in [2.05, 4.69) is 15.1 Å². The number of piperazine rings is 1. The molecule has 3 aromatic rings. The average molecular weight is 550 g/mol. The molecule has 0 unspecified atom stereocenters. The zero-order valence-electron chi connectivity index (χ0n) is 22.2. The highest BCUT2D eigenvalue weighted by atomic mass is 35.5. The molecule has 9 nitrogen and oxygen atoms in total. The molecule has 2 amide bonds. The van der Waals surface area contributed by atoms with Crippen molar-refractivity contribution in [2.75, 3.05) is 58.4 Å². The van der Waals surface area contributed by atoms with Gasteiger partial charge in [-0.1, -0.05) is 11.6 Å². The Bertz CT molecular complexity index is 1310. The molecule has 2 fully saturated rings. The van der Waals surface area contributed by atoms with Gasteiger partial charge in [0, 0.05) is 54.9 Å². The maximum absolute atomic E-state index is 13.2. The molecular weight excluding hydrogens is 518 g/mol. The van der Waals surface area contributed by atoms with Crippen molar-refractivity contribution in [3.05, 3.63) is 65.2 Å². The van der Waals surface area contributed by atoms with Crippen molar-refractivity contribution >= 4 is 29.2 Å². The van der Waals surface area contributed by atoms with Crippen LogP contribution in [-0.4, -0.2) is 85.3 Å². The van der Waals surface area contributed by atoms with Crippen LogP contribution >= 0.6 is 11.6 Å². The van der Waals surface area contributed by atoms with Gasteiger partial charge in [0.1, 0.15) is 18.0 Å². The van der Waals surface area contributed by atoms with E-state index in [1.54, 1.807) is 43.4 Å². The van der Waals surface area contributed by atoms with Crippen molar-refractivity contribution in [1.29, 1.82) is 0 Å². The van der Waals surface area contributed by atoms with E-state index in [9.17, 15) is 9.59 Å². The highest BCUT2D eigenvalue weighted by molar-refractivity contribution is 6.30. The lowest BCUT2D eigenvalue weighted by molar-refractivity contribution is -0.132. The largest absolute Gasteiger partial charge is 0.497 e. The number of carbonyl (C=O) groups excluding carboxylic acids is 2. The molecule has 0 bridgehead atoms. The number of ether oxygens (including phenoxy) is 2. The predicted molar refractivity (Wildman–Crippen MR) is 149 cm³/mol. The van der Waals surface area contributed by atoms with Crippen molar-refractivity contribution in [3.63, 3.8) is 0 Å². The van der Waals surface area contributed by atoms with E-state index in [4.69, 9.17) is 21.1 Å². The highest BCUT2D eigenvalue weighted by Gasteiger charge is 2.30. The normalized spacial score (nSPS) is 15.2. The van der Waals surface area contributed by atoms with Gasteiger partial charge in [-0.05, 0) is 67.3 Å². The number of rotatable bonds is 9. The lowest BCUT2D eigenvalue weighted by Gasteiger charge is -2.36. The van der Waals surface area contributed by atoms with E-state index in [1.165, 1.54) is 0 Å². The number of carbonyl (C=O) groups is 2. The van der Waals surface area contributed by atoms with Gasteiger partial charge in [0.15, 0.2) is 5.82 Å². The summed E-state index contributed by atoms with van der Waals surface area (Å²) in [5.41, 5.74) is 2.08. The van der Waals surface area contributed by atoms with Crippen LogP contribution < -0.4 is 14.4 Å².